The zero-order valence-corrected chi connectivity index (χ0v) is 13.2. The van der Waals surface area contributed by atoms with E-state index in [0.717, 1.165) is 32.5 Å². The maximum absolute atomic E-state index is 12.1. The second-order valence-corrected chi connectivity index (χ2v) is 7.21. The van der Waals surface area contributed by atoms with Gasteiger partial charge < -0.3 is 15.5 Å². The first kappa shape index (κ1) is 13.8. The zero-order chi connectivity index (χ0) is 14.1. The van der Waals surface area contributed by atoms with Crippen molar-refractivity contribution < 1.29 is 4.79 Å². The minimum Gasteiger partial charge on any atom is -0.354 e. The van der Waals surface area contributed by atoms with Gasteiger partial charge >= 0.3 is 0 Å². The molecule has 1 saturated heterocycles. The maximum atomic E-state index is 12.1. The molecule has 0 aromatic carbocycles. The lowest BCUT2D eigenvalue weighted by Crippen LogP contribution is -2.36. The molecule has 3 rings (SSSR count). The van der Waals surface area contributed by atoms with Crippen molar-refractivity contribution in [3.8, 4) is 0 Å². The largest absolute Gasteiger partial charge is 0.354 e. The van der Waals surface area contributed by atoms with Crippen molar-refractivity contribution in [1.82, 2.24) is 15.6 Å². The number of nitrogens with zero attached hydrogens (tertiary/aromatic N) is 2. The van der Waals surface area contributed by atoms with E-state index in [0.29, 0.717) is 12.6 Å². The molecule has 2 aromatic rings. The number of amides is 1. The smallest absolute Gasteiger partial charge is 0.261 e. The molecule has 7 heteroatoms. The molecule has 0 bridgehead atoms. The summed E-state index contributed by atoms with van der Waals surface area (Å²) in [6.07, 6.45) is 2.35. The molecule has 1 fully saturated rings. The Morgan fingerprint density at radius 2 is 2.40 bits per heavy atom. The number of thiazole rings is 1. The molecule has 1 amide bonds. The van der Waals surface area contributed by atoms with Crippen molar-refractivity contribution >= 4 is 43.2 Å². The highest BCUT2D eigenvalue weighted by Gasteiger charge is 2.17. The van der Waals surface area contributed by atoms with E-state index >= 15 is 0 Å². The van der Waals surface area contributed by atoms with Gasteiger partial charge in [-0.2, -0.15) is 0 Å². The molecule has 0 spiro atoms. The fraction of sp³-hybridized carbons (Fsp3) is 0.538. The Kier molecular flexibility index (Phi) is 3.91. The SMILES string of the molecule is CN(C)c1nc2sc(C(=O)NCC3CCCN3)cc2s1. The van der Waals surface area contributed by atoms with E-state index in [1.165, 1.54) is 17.8 Å². The predicted molar refractivity (Wildman–Crippen MR) is 85.2 cm³/mol. The highest BCUT2D eigenvalue weighted by molar-refractivity contribution is 7.29. The van der Waals surface area contributed by atoms with E-state index in [1.807, 2.05) is 25.1 Å². The number of aromatic nitrogens is 1. The Labute approximate surface area is 126 Å². The fourth-order valence-corrected chi connectivity index (χ4v) is 4.31. The van der Waals surface area contributed by atoms with Crippen LogP contribution in [0.25, 0.3) is 9.53 Å². The van der Waals surface area contributed by atoms with Crippen LogP contribution in [0.15, 0.2) is 6.07 Å². The minimum atomic E-state index is 0.0142. The molecule has 2 N–H and O–H groups in total. The third-order valence-corrected chi connectivity index (χ3v) is 5.68. The van der Waals surface area contributed by atoms with Crippen LogP contribution in [-0.4, -0.2) is 44.1 Å². The van der Waals surface area contributed by atoms with Gasteiger partial charge in [-0.25, -0.2) is 4.98 Å². The Hall–Kier alpha value is -1.18. The normalized spacial score (nSPS) is 18.6. The van der Waals surface area contributed by atoms with Crippen molar-refractivity contribution in [2.24, 2.45) is 0 Å². The lowest BCUT2D eigenvalue weighted by atomic mass is 10.2. The van der Waals surface area contributed by atoms with Crippen molar-refractivity contribution in [3.63, 3.8) is 0 Å². The third kappa shape index (κ3) is 2.79. The fourth-order valence-electron chi connectivity index (χ4n) is 2.26. The second kappa shape index (κ2) is 5.67. The molecule has 108 valence electrons. The molecule has 5 nitrogen and oxygen atoms in total. The summed E-state index contributed by atoms with van der Waals surface area (Å²) in [6, 6.07) is 2.38. The van der Waals surface area contributed by atoms with Crippen molar-refractivity contribution in [2.45, 2.75) is 18.9 Å². The van der Waals surface area contributed by atoms with E-state index in [1.54, 1.807) is 11.3 Å². The Morgan fingerprint density at radius 3 is 3.05 bits per heavy atom. The van der Waals surface area contributed by atoms with Crippen molar-refractivity contribution in [1.29, 1.82) is 0 Å². The van der Waals surface area contributed by atoms with Crippen LogP contribution in [0.3, 0.4) is 0 Å². The van der Waals surface area contributed by atoms with Gasteiger partial charge in [-0.15, -0.1) is 11.3 Å². The number of fused-ring (bicyclic) bond motifs is 1. The average Bonchev–Trinajstić information content (AvgIpc) is 3.10. The topological polar surface area (TPSA) is 57.3 Å². The summed E-state index contributed by atoms with van der Waals surface area (Å²) in [7, 11) is 3.95. The number of carbonyl (C=O) groups is 1. The van der Waals surface area contributed by atoms with Gasteiger partial charge in [0.05, 0.1) is 9.58 Å². The first-order valence-corrected chi connectivity index (χ1v) is 8.36. The summed E-state index contributed by atoms with van der Waals surface area (Å²) >= 11 is 3.09. The molecule has 0 aliphatic carbocycles. The number of hydrogen-bond donors (Lipinski definition) is 2. The Bertz CT molecular complexity index is 581. The van der Waals surface area contributed by atoms with E-state index in [9.17, 15) is 4.79 Å². The summed E-state index contributed by atoms with van der Waals surface area (Å²) in [4.78, 5) is 20.3. The van der Waals surface area contributed by atoms with E-state index in [2.05, 4.69) is 15.6 Å². The highest BCUT2D eigenvalue weighted by atomic mass is 32.1. The standard InChI is InChI=1S/C13H18N4OS2/c1-17(2)13-16-12-10(20-13)6-9(19-12)11(18)15-7-8-4-3-5-14-8/h6,8,14H,3-5,7H2,1-2H3,(H,15,18). The lowest BCUT2D eigenvalue weighted by molar-refractivity contribution is 0.0954. The monoisotopic (exact) mass is 310 g/mol. The van der Waals surface area contributed by atoms with Crippen LogP contribution in [0, 0.1) is 0 Å². The van der Waals surface area contributed by atoms with Crippen LogP contribution in [0.1, 0.15) is 22.5 Å². The minimum absolute atomic E-state index is 0.0142. The molecule has 1 aliphatic heterocycles. The first-order valence-electron chi connectivity index (χ1n) is 6.73. The van der Waals surface area contributed by atoms with Gasteiger partial charge in [0, 0.05) is 26.7 Å². The molecular weight excluding hydrogens is 292 g/mol. The number of hydrogen-bond acceptors (Lipinski definition) is 6. The first-order chi connectivity index (χ1) is 9.63. The molecule has 1 atom stereocenters. The third-order valence-electron chi connectivity index (χ3n) is 3.36. The molecule has 0 radical (unpaired) electrons. The van der Waals surface area contributed by atoms with E-state index in [4.69, 9.17) is 0 Å². The van der Waals surface area contributed by atoms with Gasteiger partial charge in [0.25, 0.3) is 5.91 Å². The molecule has 2 aromatic heterocycles. The van der Waals surface area contributed by atoms with Crippen LogP contribution in [-0.2, 0) is 0 Å². The van der Waals surface area contributed by atoms with Gasteiger partial charge in [0.1, 0.15) is 4.83 Å². The van der Waals surface area contributed by atoms with Gasteiger partial charge in [-0.3, -0.25) is 4.79 Å². The average molecular weight is 310 g/mol. The van der Waals surface area contributed by atoms with Crippen LogP contribution < -0.4 is 15.5 Å². The van der Waals surface area contributed by atoms with Crippen LogP contribution in [0.2, 0.25) is 0 Å². The van der Waals surface area contributed by atoms with Crippen molar-refractivity contribution in [2.75, 3.05) is 32.1 Å². The number of thiophene rings is 1. The van der Waals surface area contributed by atoms with Crippen molar-refractivity contribution in [3.05, 3.63) is 10.9 Å². The van der Waals surface area contributed by atoms with Crippen LogP contribution in [0.5, 0.6) is 0 Å². The lowest BCUT2D eigenvalue weighted by Gasteiger charge is -2.10. The summed E-state index contributed by atoms with van der Waals surface area (Å²) < 4.78 is 1.09. The molecule has 1 aliphatic rings. The molecular formula is C13H18N4OS2. The van der Waals surface area contributed by atoms with Crippen LogP contribution in [0.4, 0.5) is 5.13 Å². The van der Waals surface area contributed by atoms with Gasteiger partial charge in [-0.1, -0.05) is 11.3 Å². The zero-order valence-electron chi connectivity index (χ0n) is 11.6. The second-order valence-electron chi connectivity index (χ2n) is 5.17. The van der Waals surface area contributed by atoms with Gasteiger partial charge in [0.15, 0.2) is 5.13 Å². The highest BCUT2D eigenvalue weighted by Crippen LogP contribution is 2.33. The van der Waals surface area contributed by atoms with E-state index in [-0.39, 0.29) is 5.91 Å². The molecule has 3 heterocycles. The maximum Gasteiger partial charge on any atom is 0.261 e. The molecule has 0 saturated carbocycles. The quantitative estimate of drug-likeness (QED) is 0.906. The van der Waals surface area contributed by atoms with Crippen LogP contribution >= 0.6 is 22.7 Å². The number of rotatable bonds is 4. The van der Waals surface area contributed by atoms with Gasteiger partial charge in [0.2, 0.25) is 0 Å². The summed E-state index contributed by atoms with van der Waals surface area (Å²) in [6.45, 7) is 1.77. The van der Waals surface area contributed by atoms with Gasteiger partial charge in [-0.05, 0) is 25.5 Å². The number of carbonyl (C=O) groups excluding carboxylic acids is 1. The number of nitrogens with one attached hydrogen (secondary N) is 2. The summed E-state index contributed by atoms with van der Waals surface area (Å²) in [5.74, 6) is 0.0142. The predicted octanol–water partition coefficient (Wildman–Crippen LogP) is 1.91. The Morgan fingerprint density at radius 1 is 1.55 bits per heavy atom. The Balaban J connectivity index is 1.66. The molecule has 1 unspecified atom stereocenters. The van der Waals surface area contributed by atoms with E-state index < -0.39 is 0 Å². The summed E-state index contributed by atoms with van der Waals surface area (Å²) in [5.41, 5.74) is 0. The number of anilines is 1. The summed E-state index contributed by atoms with van der Waals surface area (Å²) in [5, 5.41) is 7.36. The molecule has 20 heavy (non-hydrogen) atoms.